The van der Waals surface area contributed by atoms with Crippen LogP contribution in [0.1, 0.15) is 26.7 Å². The molecule has 0 radical (unpaired) electrons. The number of carbonyl (C=O) groups excluding carboxylic acids is 1. The van der Waals surface area contributed by atoms with E-state index in [-0.39, 0.29) is 23.3 Å². The van der Waals surface area contributed by atoms with Gasteiger partial charge in [0.05, 0.1) is 29.2 Å². The van der Waals surface area contributed by atoms with Gasteiger partial charge in [-0.25, -0.2) is 9.37 Å². The molecule has 0 unspecified atom stereocenters. The molecular formula is C22H23Cl2FN2O2. The minimum atomic E-state index is -0.496. The second-order valence-electron chi connectivity index (χ2n) is 7.33. The van der Waals surface area contributed by atoms with Gasteiger partial charge in [0.25, 0.3) is 0 Å². The van der Waals surface area contributed by atoms with Crippen molar-refractivity contribution in [2.45, 2.75) is 33.2 Å². The summed E-state index contributed by atoms with van der Waals surface area (Å²) in [5.41, 5.74) is 2.15. The highest BCUT2D eigenvalue weighted by Gasteiger charge is 2.17. The maximum absolute atomic E-state index is 13.6. The van der Waals surface area contributed by atoms with E-state index in [4.69, 9.17) is 32.9 Å². The lowest BCUT2D eigenvalue weighted by Gasteiger charge is -2.11. The lowest BCUT2D eigenvalue weighted by Crippen LogP contribution is -2.13. The molecule has 1 aromatic heterocycles. The number of carbonyl (C=O) groups is 1. The molecule has 0 aliphatic carbocycles. The molecule has 29 heavy (non-hydrogen) atoms. The quantitative estimate of drug-likeness (QED) is 0.299. The summed E-state index contributed by atoms with van der Waals surface area (Å²) in [4.78, 5) is 17.2. The summed E-state index contributed by atoms with van der Waals surface area (Å²) in [6.45, 7) is 4.72. The molecule has 0 bridgehead atoms. The largest absolute Gasteiger partial charge is 0.493 e. The summed E-state index contributed by atoms with van der Waals surface area (Å²) in [5, 5.41) is 0.0136. The van der Waals surface area contributed by atoms with Crippen LogP contribution in [-0.2, 0) is 11.3 Å². The third-order valence-electron chi connectivity index (χ3n) is 4.41. The highest BCUT2D eigenvalue weighted by molar-refractivity contribution is 6.31. The summed E-state index contributed by atoms with van der Waals surface area (Å²) < 4.78 is 21.2. The van der Waals surface area contributed by atoms with Gasteiger partial charge < -0.3 is 9.30 Å². The summed E-state index contributed by atoms with van der Waals surface area (Å²) in [5.74, 6) is 1.66. The van der Waals surface area contributed by atoms with Gasteiger partial charge in [-0.2, -0.15) is 0 Å². The molecule has 0 aliphatic rings. The van der Waals surface area contributed by atoms with Crippen LogP contribution in [0.2, 0.25) is 5.02 Å². The predicted octanol–water partition coefficient (Wildman–Crippen LogP) is 6.12. The normalized spacial score (nSPS) is 11.4. The molecule has 0 fully saturated rings. The van der Waals surface area contributed by atoms with Crippen molar-refractivity contribution in [3.8, 4) is 17.1 Å². The van der Waals surface area contributed by atoms with Crippen LogP contribution in [-0.4, -0.2) is 27.8 Å². The van der Waals surface area contributed by atoms with Crippen molar-refractivity contribution in [1.29, 1.82) is 0 Å². The smallest absolute Gasteiger partial charge is 0.152 e. The number of aromatic nitrogens is 2. The van der Waals surface area contributed by atoms with Crippen LogP contribution in [0.3, 0.4) is 0 Å². The van der Waals surface area contributed by atoms with Crippen LogP contribution in [0.4, 0.5) is 4.39 Å². The number of rotatable bonds is 9. The zero-order valence-electron chi connectivity index (χ0n) is 16.4. The first kappa shape index (κ1) is 21.6. The topological polar surface area (TPSA) is 44.1 Å². The molecule has 0 spiro atoms. The summed E-state index contributed by atoms with van der Waals surface area (Å²) in [6, 6.07) is 10.0. The molecule has 3 rings (SSSR count). The fourth-order valence-electron chi connectivity index (χ4n) is 3.16. The van der Waals surface area contributed by atoms with E-state index >= 15 is 0 Å². The van der Waals surface area contributed by atoms with E-state index in [2.05, 4.69) is 0 Å². The van der Waals surface area contributed by atoms with Gasteiger partial charge in [0, 0.05) is 23.9 Å². The van der Waals surface area contributed by atoms with Crippen molar-refractivity contribution in [2.24, 2.45) is 5.92 Å². The van der Waals surface area contributed by atoms with Crippen molar-refractivity contribution in [3.63, 3.8) is 0 Å². The maximum Gasteiger partial charge on any atom is 0.152 e. The minimum Gasteiger partial charge on any atom is -0.493 e. The van der Waals surface area contributed by atoms with E-state index in [1.54, 1.807) is 6.07 Å². The molecule has 0 atom stereocenters. The Morgan fingerprint density at radius 2 is 2.03 bits per heavy atom. The van der Waals surface area contributed by atoms with Crippen molar-refractivity contribution in [1.82, 2.24) is 9.55 Å². The number of ketones is 1. The zero-order chi connectivity index (χ0) is 21.0. The third-order valence-corrected chi connectivity index (χ3v) is 4.97. The summed E-state index contributed by atoms with van der Waals surface area (Å²) in [6.07, 6.45) is 1.22. The molecule has 3 aromatic rings. The Morgan fingerprint density at radius 1 is 1.24 bits per heavy atom. The molecule has 7 heteroatoms. The highest BCUT2D eigenvalue weighted by Crippen LogP contribution is 2.30. The van der Waals surface area contributed by atoms with Crippen molar-refractivity contribution in [3.05, 3.63) is 47.2 Å². The van der Waals surface area contributed by atoms with E-state index in [0.717, 1.165) is 11.9 Å². The van der Waals surface area contributed by atoms with Crippen LogP contribution in [0.25, 0.3) is 22.4 Å². The molecular weight excluding hydrogens is 414 g/mol. The predicted molar refractivity (Wildman–Crippen MR) is 115 cm³/mol. The molecule has 154 valence electrons. The fraction of sp³-hybridized carbons (Fsp3) is 0.364. The first-order chi connectivity index (χ1) is 13.9. The molecule has 0 saturated heterocycles. The highest BCUT2D eigenvalue weighted by atomic mass is 35.5. The molecule has 2 aromatic carbocycles. The van der Waals surface area contributed by atoms with Crippen LogP contribution in [0, 0.1) is 11.7 Å². The zero-order valence-corrected chi connectivity index (χ0v) is 17.9. The van der Waals surface area contributed by atoms with Crippen molar-refractivity contribution >= 4 is 40.0 Å². The van der Waals surface area contributed by atoms with Crippen LogP contribution in [0.15, 0.2) is 36.4 Å². The van der Waals surface area contributed by atoms with Gasteiger partial charge in [-0.1, -0.05) is 25.4 Å². The Bertz CT molecular complexity index is 1020. The van der Waals surface area contributed by atoms with E-state index in [0.29, 0.717) is 41.6 Å². The number of alkyl halides is 1. The Balaban J connectivity index is 2.04. The molecule has 0 saturated carbocycles. The average Bonchev–Trinajstić information content (AvgIpc) is 3.01. The van der Waals surface area contributed by atoms with E-state index in [9.17, 15) is 9.18 Å². The monoisotopic (exact) mass is 436 g/mol. The van der Waals surface area contributed by atoms with Gasteiger partial charge in [-0.3, -0.25) is 4.79 Å². The fourth-order valence-corrected chi connectivity index (χ4v) is 3.45. The lowest BCUT2D eigenvalue weighted by atomic mass is 10.1. The van der Waals surface area contributed by atoms with Crippen LogP contribution < -0.4 is 4.74 Å². The first-order valence-corrected chi connectivity index (χ1v) is 10.5. The third kappa shape index (κ3) is 5.28. The molecule has 4 nitrogen and oxygen atoms in total. The minimum absolute atomic E-state index is 0.0136. The second-order valence-corrected chi connectivity index (χ2v) is 8.11. The van der Waals surface area contributed by atoms with Gasteiger partial charge in [-0.05, 0) is 42.7 Å². The molecule has 0 aliphatic heterocycles. The Labute approximate surface area is 179 Å². The molecule has 0 amide bonds. The second kappa shape index (κ2) is 9.59. The summed E-state index contributed by atoms with van der Waals surface area (Å²) in [7, 11) is 0. The lowest BCUT2D eigenvalue weighted by molar-refractivity contribution is -0.120. The van der Waals surface area contributed by atoms with Gasteiger partial charge in [-0.15, -0.1) is 11.6 Å². The number of hydrogen-bond donors (Lipinski definition) is 0. The molecule has 1 heterocycles. The number of Topliss-reactive ketones (excluding diaryl/α,β-unsaturated/α-hetero) is 1. The van der Waals surface area contributed by atoms with Crippen LogP contribution >= 0.6 is 23.2 Å². The van der Waals surface area contributed by atoms with Crippen LogP contribution in [0.5, 0.6) is 5.75 Å². The van der Waals surface area contributed by atoms with E-state index < -0.39 is 5.82 Å². The van der Waals surface area contributed by atoms with E-state index in [1.165, 1.54) is 12.1 Å². The first-order valence-electron chi connectivity index (χ1n) is 9.55. The Kier molecular flexibility index (Phi) is 7.14. The number of imidazole rings is 1. The number of halogens is 3. The van der Waals surface area contributed by atoms with Gasteiger partial charge in [0.15, 0.2) is 5.78 Å². The van der Waals surface area contributed by atoms with E-state index in [1.807, 2.05) is 36.6 Å². The number of benzene rings is 2. The standard InChI is InChI=1S/C22H23Cl2FN2O2/c1-14(2)10-16(28)13-27-21-7-5-17(29-9-3-8-23)12-20(21)26-22(27)15-4-6-19(25)18(24)11-15/h4-7,11-12,14H,3,8-10,13H2,1-2H3. The maximum atomic E-state index is 13.6. The number of fused-ring (bicyclic) bond motifs is 1. The van der Waals surface area contributed by atoms with Gasteiger partial charge in [0.1, 0.15) is 17.4 Å². The number of ether oxygens (including phenoxy) is 1. The van der Waals surface area contributed by atoms with Gasteiger partial charge >= 0.3 is 0 Å². The van der Waals surface area contributed by atoms with Crippen molar-refractivity contribution in [2.75, 3.05) is 12.5 Å². The Morgan fingerprint density at radius 3 is 2.72 bits per heavy atom. The number of hydrogen-bond acceptors (Lipinski definition) is 3. The average molecular weight is 437 g/mol. The van der Waals surface area contributed by atoms with Gasteiger partial charge in [0.2, 0.25) is 0 Å². The SMILES string of the molecule is CC(C)CC(=O)Cn1c(-c2ccc(F)c(Cl)c2)nc2cc(OCCCCl)ccc21. The Hall–Kier alpha value is -2.11. The molecule has 0 N–H and O–H groups in total. The number of nitrogens with zero attached hydrogens (tertiary/aromatic N) is 2. The summed E-state index contributed by atoms with van der Waals surface area (Å²) >= 11 is 11.7. The van der Waals surface area contributed by atoms with Crippen molar-refractivity contribution < 1.29 is 13.9 Å².